The Bertz CT molecular complexity index is 886. The fourth-order valence-electron chi connectivity index (χ4n) is 2.75. The molecular weight excluding hydrogens is 364 g/mol. The van der Waals surface area contributed by atoms with Gasteiger partial charge in [-0.15, -0.1) is 0 Å². The molecule has 0 spiro atoms. The van der Waals surface area contributed by atoms with Crippen molar-refractivity contribution in [1.29, 1.82) is 0 Å². The number of aryl methyl sites for hydroxylation is 2. The normalized spacial score (nSPS) is 12.7. The number of anilines is 1. The molecular formula is C20H26N2O4S. The van der Waals surface area contributed by atoms with Gasteiger partial charge in [-0.1, -0.05) is 19.9 Å². The lowest BCUT2D eigenvalue weighted by molar-refractivity contribution is -0.118. The van der Waals surface area contributed by atoms with E-state index in [2.05, 4.69) is 10.0 Å². The monoisotopic (exact) mass is 390 g/mol. The Balaban J connectivity index is 2.21. The number of methoxy groups -OCH3 is 1. The lowest BCUT2D eigenvalue weighted by atomic mass is 10.0. The second-order valence-corrected chi connectivity index (χ2v) is 8.60. The molecule has 0 aromatic heterocycles. The van der Waals surface area contributed by atoms with Gasteiger partial charge in [-0.25, -0.2) is 8.42 Å². The van der Waals surface area contributed by atoms with Gasteiger partial charge in [-0.2, -0.15) is 4.72 Å². The minimum atomic E-state index is -3.85. The standard InChI is InChI=1S/C20H26N2O4S/c1-13(2)19(20(23)21-16-11-14(3)10-15(4)12-16)22-27(24,25)18-8-6-17(26-5)7-9-18/h6-13,19,22H,1-5H3,(H,21,23). The van der Waals surface area contributed by atoms with Gasteiger partial charge in [0.25, 0.3) is 0 Å². The van der Waals surface area contributed by atoms with Crippen molar-refractivity contribution in [1.82, 2.24) is 4.72 Å². The molecule has 0 aliphatic heterocycles. The summed E-state index contributed by atoms with van der Waals surface area (Å²) >= 11 is 0. The number of sulfonamides is 1. The van der Waals surface area contributed by atoms with Crippen LogP contribution in [0.3, 0.4) is 0 Å². The van der Waals surface area contributed by atoms with Gasteiger partial charge in [-0.3, -0.25) is 4.79 Å². The molecule has 0 bridgehead atoms. The Morgan fingerprint density at radius 1 is 1.00 bits per heavy atom. The average Bonchev–Trinajstić information content (AvgIpc) is 2.58. The highest BCUT2D eigenvalue weighted by atomic mass is 32.2. The Morgan fingerprint density at radius 3 is 2.04 bits per heavy atom. The van der Waals surface area contributed by atoms with E-state index in [0.717, 1.165) is 11.1 Å². The zero-order chi connectivity index (χ0) is 20.2. The maximum atomic E-state index is 12.7. The molecule has 1 atom stereocenters. The first-order valence-corrected chi connectivity index (χ1v) is 10.2. The third-order valence-electron chi connectivity index (χ3n) is 4.09. The molecule has 7 heteroatoms. The van der Waals surface area contributed by atoms with Gasteiger partial charge >= 0.3 is 0 Å². The van der Waals surface area contributed by atoms with E-state index in [4.69, 9.17) is 4.74 Å². The number of hydrogen-bond acceptors (Lipinski definition) is 4. The summed E-state index contributed by atoms with van der Waals surface area (Å²) in [5.74, 6) is -0.0714. The predicted octanol–water partition coefficient (Wildman–Crippen LogP) is 3.25. The lowest BCUT2D eigenvalue weighted by Gasteiger charge is -2.22. The zero-order valence-corrected chi connectivity index (χ0v) is 17.1. The summed E-state index contributed by atoms with van der Waals surface area (Å²) in [5.41, 5.74) is 2.68. The van der Waals surface area contributed by atoms with Crippen LogP contribution < -0.4 is 14.8 Å². The fraction of sp³-hybridized carbons (Fsp3) is 0.350. The minimum Gasteiger partial charge on any atom is -0.497 e. The summed E-state index contributed by atoms with van der Waals surface area (Å²) in [7, 11) is -2.34. The van der Waals surface area contributed by atoms with E-state index in [9.17, 15) is 13.2 Å². The first-order valence-electron chi connectivity index (χ1n) is 8.68. The zero-order valence-electron chi connectivity index (χ0n) is 16.2. The van der Waals surface area contributed by atoms with Gasteiger partial charge in [0, 0.05) is 5.69 Å². The van der Waals surface area contributed by atoms with Crippen molar-refractivity contribution in [2.24, 2.45) is 5.92 Å². The smallest absolute Gasteiger partial charge is 0.242 e. The van der Waals surface area contributed by atoms with E-state index in [-0.39, 0.29) is 10.8 Å². The van der Waals surface area contributed by atoms with Gasteiger partial charge in [0.2, 0.25) is 15.9 Å². The van der Waals surface area contributed by atoms with Crippen LogP contribution in [0.2, 0.25) is 0 Å². The molecule has 0 fully saturated rings. The summed E-state index contributed by atoms with van der Waals surface area (Å²) in [6, 6.07) is 10.8. The van der Waals surface area contributed by atoms with Crippen molar-refractivity contribution in [3.8, 4) is 5.75 Å². The Hall–Kier alpha value is -2.38. The Kier molecular flexibility index (Phi) is 6.62. The van der Waals surface area contributed by atoms with Crippen LogP contribution in [0.25, 0.3) is 0 Å². The highest BCUT2D eigenvalue weighted by Gasteiger charge is 2.28. The average molecular weight is 391 g/mol. The van der Waals surface area contributed by atoms with Crippen molar-refractivity contribution >= 4 is 21.6 Å². The molecule has 146 valence electrons. The molecule has 1 amide bonds. The SMILES string of the molecule is COc1ccc(S(=O)(=O)NC(C(=O)Nc2cc(C)cc(C)c2)C(C)C)cc1. The molecule has 0 aliphatic rings. The van der Waals surface area contributed by atoms with Crippen molar-refractivity contribution in [3.05, 3.63) is 53.6 Å². The van der Waals surface area contributed by atoms with Crippen molar-refractivity contribution in [2.75, 3.05) is 12.4 Å². The maximum Gasteiger partial charge on any atom is 0.242 e. The largest absolute Gasteiger partial charge is 0.497 e. The third kappa shape index (κ3) is 5.55. The topological polar surface area (TPSA) is 84.5 Å². The third-order valence-corrected chi connectivity index (χ3v) is 5.55. The number of carbonyl (C=O) groups excluding carboxylic acids is 1. The number of ether oxygens (including phenoxy) is 1. The maximum absolute atomic E-state index is 12.7. The number of amides is 1. The lowest BCUT2D eigenvalue weighted by Crippen LogP contribution is -2.47. The molecule has 2 aromatic rings. The van der Waals surface area contributed by atoms with Gasteiger partial charge < -0.3 is 10.1 Å². The molecule has 1 unspecified atom stereocenters. The summed E-state index contributed by atoms with van der Waals surface area (Å²) in [5, 5.41) is 2.81. The van der Waals surface area contributed by atoms with Gasteiger partial charge in [0.05, 0.1) is 12.0 Å². The molecule has 0 heterocycles. The molecule has 0 aliphatic carbocycles. The van der Waals surface area contributed by atoms with Crippen LogP contribution in [-0.4, -0.2) is 27.5 Å². The van der Waals surface area contributed by atoms with E-state index in [1.54, 1.807) is 26.0 Å². The summed E-state index contributed by atoms with van der Waals surface area (Å²) in [6.07, 6.45) is 0. The van der Waals surface area contributed by atoms with Crippen molar-refractivity contribution < 1.29 is 17.9 Å². The predicted molar refractivity (Wildman–Crippen MR) is 106 cm³/mol. The quantitative estimate of drug-likeness (QED) is 0.760. The number of hydrogen-bond donors (Lipinski definition) is 2. The molecule has 2 aromatic carbocycles. The van der Waals surface area contributed by atoms with Crippen molar-refractivity contribution in [3.63, 3.8) is 0 Å². The van der Waals surface area contributed by atoms with E-state index >= 15 is 0 Å². The Labute approximate surface area is 161 Å². The van der Waals surface area contributed by atoms with Gasteiger partial charge in [-0.05, 0) is 67.3 Å². The van der Waals surface area contributed by atoms with Crippen LogP contribution in [-0.2, 0) is 14.8 Å². The van der Waals surface area contributed by atoms with E-state index in [0.29, 0.717) is 11.4 Å². The van der Waals surface area contributed by atoms with Gasteiger partial charge in [0.15, 0.2) is 0 Å². The number of benzene rings is 2. The van der Waals surface area contributed by atoms with Crippen LogP contribution in [0, 0.1) is 19.8 Å². The summed E-state index contributed by atoms with van der Waals surface area (Å²) in [4.78, 5) is 12.8. The molecule has 6 nitrogen and oxygen atoms in total. The van der Waals surface area contributed by atoms with E-state index in [1.807, 2.05) is 32.0 Å². The number of carbonyl (C=O) groups is 1. The van der Waals surface area contributed by atoms with Crippen LogP contribution >= 0.6 is 0 Å². The van der Waals surface area contributed by atoms with Crippen LogP contribution in [0.5, 0.6) is 5.75 Å². The molecule has 0 radical (unpaired) electrons. The second kappa shape index (κ2) is 8.54. The second-order valence-electron chi connectivity index (χ2n) is 6.88. The van der Waals surface area contributed by atoms with E-state index in [1.165, 1.54) is 19.2 Å². The highest BCUT2D eigenvalue weighted by Crippen LogP contribution is 2.18. The van der Waals surface area contributed by atoms with E-state index < -0.39 is 22.0 Å². The van der Waals surface area contributed by atoms with Crippen LogP contribution in [0.4, 0.5) is 5.69 Å². The highest BCUT2D eigenvalue weighted by molar-refractivity contribution is 7.89. The molecule has 0 saturated carbocycles. The first-order chi connectivity index (χ1) is 12.6. The molecule has 2 N–H and O–H groups in total. The first kappa shape index (κ1) is 20.9. The minimum absolute atomic E-state index is 0.0770. The number of nitrogens with one attached hydrogen (secondary N) is 2. The molecule has 2 rings (SSSR count). The fourth-order valence-corrected chi connectivity index (χ4v) is 4.09. The Morgan fingerprint density at radius 2 is 1.56 bits per heavy atom. The van der Waals surface area contributed by atoms with Crippen LogP contribution in [0.15, 0.2) is 47.4 Å². The number of rotatable bonds is 7. The molecule has 0 saturated heterocycles. The van der Waals surface area contributed by atoms with Gasteiger partial charge in [0.1, 0.15) is 11.8 Å². The van der Waals surface area contributed by atoms with Crippen LogP contribution in [0.1, 0.15) is 25.0 Å². The van der Waals surface area contributed by atoms with Crippen molar-refractivity contribution in [2.45, 2.75) is 38.6 Å². The summed E-state index contributed by atoms with van der Waals surface area (Å²) in [6.45, 7) is 7.47. The molecule has 27 heavy (non-hydrogen) atoms. The summed E-state index contributed by atoms with van der Waals surface area (Å²) < 4.78 is 32.9.